The maximum Gasteiger partial charge on any atom is 0.360 e. The van der Waals surface area contributed by atoms with Crippen LogP contribution in [0, 0.1) is 0 Å². The molecule has 136 valence electrons. The summed E-state index contributed by atoms with van der Waals surface area (Å²) in [5, 5.41) is 15.3. The molecule has 0 saturated heterocycles. The van der Waals surface area contributed by atoms with Crippen molar-refractivity contribution in [3.63, 3.8) is 0 Å². The summed E-state index contributed by atoms with van der Waals surface area (Å²) >= 11 is 0. The molecule has 0 aliphatic carbocycles. The predicted octanol–water partition coefficient (Wildman–Crippen LogP) is 4.07. The minimum atomic E-state index is -0.461. The fourth-order valence-corrected chi connectivity index (χ4v) is 3.36. The summed E-state index contributed by atoms with van der Waals surface area (Å²) in [5.74, 6) is -0.461. The van der Waals surface area contributed by atoms with Gasteiger partial charge in [0.15, 0.2) is 11.3 Å². The van der Waals surface area contributed by atoms with Gasteiger partial charge in [-0.1, -0.05) is 55.8 Å². The van der Waals surface area contributed by atoms with Gasteiger partial charge in [0.05, 0.1) is 18.5 Å². The van der Waals surface area contributed by atoms with Gasteiger partial charge in [-0.05, 0) is 29.7 Å². The largest absolute Gasteiger partial charge is 0.461 e. The monoisotopic (exact) mass is 360 g/mol. The predicted molar refractivity (Wildman–Crippen MR) is 104 cm³/mol. The number of carbonyl (C=O) groups excluding carboxylic acids is 1. The lowest BCUT2D eigenvalue weighted by Crippen LogP contribution is -2.16. The number of ether oxygens (including phenoxy) is 1. The number of esters is 1. The summed E-state index contributed by atoms with van der Waals surface area (Å²) in [4.78, 5) is 12.3. The van der Waals surface area contributed by atoms with Crippen LogP contribution in [0.3, 0.4) is 0 Å². The Balaban J connectivity index is 1.94. The second kappa shape index (κ2) is 7.15. The second-order valence-electron chi connectivity index (χ2n) is 6.29. The number of hydrogen-bond acceptors (Lipinski definition) is 5. The zero-order valence-corrected chi connectivity index (χ0v) is 15.3. The Morgan fingerprint density at radius 3 is 2.67 bits per heavy atom. The number of nitrogens with zero attached hydrogens (tertiary/aromatic N) is 4. The van der Waals surface area contributed by atoms with Crippen LogP contribution in [0.15, 0.2) is 48.7 Å². The number of aryl methyl sites for hydroxylation is 1. The fourth-order valence-electron chi connectivity index (χ4n) is 3.36. The lowest BCUT2D eigenvalue weighted by atomic mass is 10.0. The van der Waals surface area contributed by atoms with Gasteiger partial charge in [0.25, 0.3) is 0 Å². The van der Waals surface area contributed by atoms with E-state index >= 15 is 0 Å². The fraction of sp³-hybridized carbons (Fsp3) is 0.238. The Morgan fingerprint density at radius 2 is 1.85 bits per heavy atom. The maximum atomic E-state index is 12.3. The van der Waals surface area contributed by atoms with Gasteiger partial charge in [0.2, 0.25) is 0 Å². The van der Waals surface area contributed by atoms with E-state index in [2.05, 4.69) is 46.5 Å². The molecule has 0 N–H and O–H groups in total. The minimum absolute atomic E-state index is 0.235. The molecular weight excluding hydrogens is 340 g/mol. The lowest BCUT2D eigenvalue weighted by Gasteiger charge is -2.09. The van der Waals surface area contributed by atoms with Gasteiger partial charge in [0.1, 0.15) is 0 Å². The van der Waals surface area contributed by atoms with Crippen LogP contribution in [0.5, 0.6) is 0 Å². The first kappa shape index (κ1) is 17.1. The van der Waals surface area contributed by atoms with Crippen LogP contribution < -0.4 is 0 Å². The van der Waals surface area contributed by atoms with Crippen molar-refractivity contribution in [1.82, 2.24) is 19.8 Å². The minimum Gasteiger partial charge on any atom is -0.461 e. The number of fused-ring (bicyclic) bond motifs is 2. The number of rotatable bonds is 5. The van der Waals surface area contributed by atoms with E-state index in [1.54, 1.807) is 17.6 Å². The zero-order valence-electron chi connectivity index (χ0n) is 15.3. The van der Waals surface area contributed by atoms with E-state index in [0.717, 1.165) is 34.0 Å². The van der Waals surface area contributed by atoms with E-state index in [0.29, 0.717) is 18.7 Å². The number of benzene rings is 2. The first-order chi connectivity index (χ1) is 13.2. The second-order valence-corrected chi connectivity index (χ2v) is 6.29. The molecule has 2 aromatic heterocycles. The normalized spacial score (nSPS) is 11.2. The third-order valence-electron chi connectivity index (χ3n) is 4.55. The summed E-state index contributed by atoms with van der Waals surface area (Å²) in [6.45, 7) is 4.12. The molecule has 4 aromatic rings. The molecule has 0 unspecified atom stereocenters. The average molecular weight is 360 g/mol. The van der Waals surface area contributed by atoms with E-state index < -0.39 is 5.97 Å². The van der Waals surface area contributed by atoms with E-state index in [4.69, 9.17) is 4.74 Å². The molecule has 2 heterocycles. The van der Waals surface area contributed by atoms with Crippen molar-refractivity contribution in [2.75, 3.05) is 6.61 Å². The Kier molecular flexibility index (Phi) is 4.54. The van der Waals surface area contributed by atoms with Gasteiger partial charge >= 0.3 is 5.97 Å². The van der Waals surface area contributed by atoms with Crippen molar-refractivity contribution in [1.29, 1.82) is 0 Å². The molecule has 4 rings (SSSR count). The molecule has 27 heavy (non-hydrogen) atoms. The van der Waals surface area contributed by atoms with Crippen LogP contribution in [0.2, 0.25) is 0 Å². The van der Waals surface area contributed by atoms with Crippen LogP contribution in [-0.2, 0) is 11.2 Å². The number of aromatic nitrogens is 4. The van der Waals surface area contributed by atoms with E-state index in [1.165, 1.54) is 0 Å². The van der Waals surface area contributed by atoms with E-state index in [1.807, 2.05) is 18.2 Å². The highest BCUT2D eigenvalue weighted by Gasteiger charge is 2.21. The smallest absolute Gasteiger partial charge is 0.360 e. The van der Waals surface area contributed by atoms with Gasteiger partial charge in [-0.15, -0.1) is 10.2 Å². The molecular formula is C21H20N4O2. The molecule has 0 fully saturated rings. The molecule has 0 radical (unpaired) electrons. The third kappa shape index (κ3) is 2.93. The molecule has 0 spiro atoms. The molecule has 2 aromatic carbocycles. The topological polar surface area (TPSA) is 69.4 Å². The van der Waals surface area contributed by atoms with E-state index in [9.17, 15) is 4.79 Å². The van der Waals surface area contributed by atoms with Crippen LogP contribution in [-0.4, -0.2) is 32.4 Å². The van der Waals surface area contributed by atoms with E-state index in [-0.39, 0.29) is 5.69 Å². The highest BCUT2D eigenvalue weighted by atomic mass is 16.5. The average Bonchev–Trinajstić information content (AvgIpc) is 3.12. The SMILES string of the molecule is CCCc1c(C(=O)OCC)nnc2c(-c3cccc4ccccc34)cnn12. The Bertz CT molecular complexity index is 1130. The molecule has 0 saturated carbocycles. The molecule has 6 heteroatoms. The molecule has 0 aliphatic rings. The zero-order chi connectivity index (χ0) is 18.8. The van der Waals surface area contributed by atoms with Crippen molar-refractivity contribution in [2.24, 2.45) is 0 Å². The summed E-state index contributed by atoms with van der Waals surface area (Å²) in [6.07, 6.45) is 3.31. The third-order valence-corrected chi connectivity index (χ3v) is 4.55. The summed E-state index contributed by atoms with van der Waals surface area (Å²) in [6, 6.07) is 14.4. The lowest BCUT2D eigenvalue weighted by molar-refractivity contribution is 0.0515. The van der Waals surface area contributed by atoms with Crippen LogP contribution in [0.4, 0.5) is 0 Å². The first-order valence-corrected chi connectivity index (χ1v) is 9.13. The standard InChI is InChI=1S/C21H20N4O2/c1-3-8-18-19(21(26)27-4-2)23-24-20-17(13-22-25(18)20)16-12-7-10-14-9-5-6-11-15(14)16/h5-7,9-13H,3-4,8H2,1-2H3. The Morgan fingerprint density at radius 1 is 1.04 bits per heavy atom. The van der Waals surface area contributed by atoms with Gasteiger partial charge in [-0.25, -0.2) is 9.31 Å². The molecule has 0 bridgehead atoms. The van der Waals surface area contributed by atoms with Crippen LogP contribution in [0.25, 0.3) is 27.5 Å². The van der Waals surface area contributed by atoms with Crippen LogP contribution >= 0.6 is 0 Å². The van der Waals surface area contributed by atoms with Gasteiger partial charge in [-0.3, -0.25) is 0 Å². The molecule has 0 amide bonds. The Labute approximate surface area is 156 Å². The van der Waals surface area contributed by atoms with Crippen molar-refractivity contribution in [2.45, 2.75) is 26.7 Å². The molecule has 0 atom stereocenters. The van der Waals surface area contributed by atoms with Gasteiger partial charge in [-0.2, -0.15) is 5.10 Å². The maximum absolute atomic E-state index is 12.3. The highest BCUT2D eigenvalue weighted by Crippen LogP contribution is 2.31. The molecule has 0 aliphatic heterocycles. The summed E-state index contributed by atoms with van der Waals surface area (Å²) in [5.41, 5.74) is 3.55. The van der Waals surface area contributed by atoms with Crippen molar-refractivity contribution in [3.8, 4) is 11.1 Å². The van der Waals surface area contributed by atoms with Crippen molar-refractivity contribution < 1.29 is 9.53 Å². The highest BCUT2D eigenvalue weighted by molar-refractivity contribution is 5.99. The first-order valence-electron chi connectivity index (χ1n) is 9.13. The quantitative estimate of drug-likeness (QED) is 0.502. The van der Waals surface area contributed by atoms with Crippen molar-refractivity contribution >= 4 is 22.4 Å². The number of hydrogen-bond donors (Lipinski definition) is 0. The van der Waals surface area contributed by atoms with Crippen molar-refractivity contribution in [3.05, 3.63) is 60.0 Å². The summed E-state index contributed by atoms with van der Waals surface area (Å²) in [7, 11) is 0. The van der Waals surface area contributed by atoms with Gasteiger partial charge < -0.3 is 4.74 Å². The Hall–Kier alpha value is -3.28. The molecule has 6 nitrogen and oxygen atoms in total. The number of carbonyl (C=O) groups is 1. The van der Waals surface area contributed by atoms with Gasteiger partial charge in [0, 0.05) is 5.56 Å². The summed E-state index contributed by atoms with van der Waals surface area (Å²) < 4.78 is 6.85. The van der Waals surface area contributed by atoms with Crippen LogP contribution in [0.1, 0.15) is 36.5 Å².